The van der Waals surface area contributed by atoms with Crippen LogP contribution < -0.4 is 4.73 Å². The molecule has 0 amide bonds. The Bertz CT molecular complexity index is 205. The average Bonchev–Trinajstić information content (AvgIpc) is 1.90. The van der Waals surface area contributed by atoms with Crippen LogP contribution >= 0.6 is 0 Å². The number of carbonyl (C=O) groups excluding carboxylic acids is 1. The van der Waals surface area contributed by atoms with Crippen LogP contribution in [0.2, 0.25) is 0 Å². The quantitative estimate of drug-likeness (QED) is 0.381. The monoisotopic (exact) mass is 122 g/mol. The summed E-state index contributed by atoms with van der Waals surface area (Å²) in [5, 5.41) is 10.3. The van der Waals surface area contributed by atoms with Gasteiger partial charge in [0, 0.05) is 17.7 Å². The summed E-state index contributed by atoms with van der Waals surface area (Å²) in [7, 11) is 0. The van der Waals surface area contributed by atoms with Gasteiger partial charge in [-0.15, -0.1) is 0 Å². The van der Waals surface area contributed by atoms with Crippen molar-refractivity contribution in [1.29, 1.82) is 0 Å². The fraction of sp³-hybridized carbons (Fsp3) is 0. The van der Waals surface area contributed by atoms with E-state index in [2.05, 4.69) is 0 Å². The Morgan fingerprint density at radius 2 is 2.00 bits per heavy atom. The molecule has 0 saturated carbocycles. The van der Waals surface area contributed by atoms with Crippen molar-refractivity contribution in [2.45, 2.75) is 0 Å². The van der Waals surface area contributed by atoms with E-state index in [1.165, 1.54) is 24.5 Å². The van der Waals surface area contributed by atoms with Crippen LogP contribution in [-0.4, -0.2) is 6.29 Å². The zero-order chi connectivity index (χ0) is 6.69. The van der Waals surface area contributed by atoms with Crippen LogP contribution in [0.25, 0.3) is 0 Å². The molecule has 3 nitrogen and oxygen atoms in total. The summed E-state index contributed by atoms with van der Waals surface area (Å²) in [4.78, 5) is 9.88. The smallest absolute Gasteiger partial charge is 0.233 e. The predicted octanol–water partition coefficient (Wildman–Crippen LogP) is -0.222. The third-order valence-electron chi connectivity index (χ3n) is 0.920. The molecule has 0 aliphatic carbocycles. The minimum absolute atomic E-state index is 0.391. The molecule has 9 heavy (non-hydrogen) atoms. The second-order valence-corrected chi connectivity index (χ2v) is 1.55. The Hall–Kier alpha value is -1.38. The maximum atomic E-state index is 10.3. The van der Waals surface area contributed by atoms with Gasteiger partial charge >= 0.3 is 0 Å². The molecule has 45 valence electrons. The van der Waals surface area contributed by atoms with Crippen LogP contribution in [-0.2, 0) is 4.79 Å². The summed E-state index contributed by atoms with van der Waals surface area (Å²) >= 11 is 0. The summed E-state index contributed by atoms with van der Waals surface area (Å²) in [5.74, 6) is 0. The van der Waals surface area contributed by atoms with E-state index in [0.717, 1.165) is 0 Å². The first-order chi connectivity index (χ1) is 4.33. The van der Waals surface area contributed by atoms with Crippen molar-refractivity contribution in [1.82, 2.24) is 0 Å². The Morgan fingerprint density at radius 3 is 2.44 bits per heavy atom. The van der Waals surface area contributed by atoms with Crippen LogP contribution in [0.15, 0.2) is 24.5 Å². The first-order valence-corrected chi connectivity index (χ1v) is 2.40. The molecular weight excluding hydrogens is 118 g/mol. The third kappa shape index (κ3) is 1.25. The standard InChI is InChI=1S/C6H4NO2/c8-5-6-1-3-7(9)4-2-6/h1-4H. The minimum Gasteiger partial charge on any atom is -0.619 e. The van der Waals surface area contributed by atoms with Crippen LogP contribution in [0.4, 0.5) is 0 Å². The predicted molar refractivity (Wildman–Crippen MR) is 30.2 cm³/mol. The maximum Gasteiger partial charge on any atom is 0.233 e. The van der Waals surface area contributed by atoms with Gasteiger partial charge in [0.15, 0.2) is 12.4 Å². The lowest BCUT2D eigenvalue weighted by atomic mass is 10.3. The Balaban J connectivity index is 3.01. The molecule has 1 aromatic heterocycles. The molecular formula is C6H4NO2. The summed E-state index contributed by atoms with van der Waals surface area (Å²) < 4.78 is 0.612. The topological polar surface area (TPSA) is 44.0 Å². The highest BCUT2D eigenvalue weighted by Crippen LogP contribution is 1.86. The molecule has 1 aromatic rings. The molecule has 0 unspecified atom stereocenters. The minimum atomic E-state index is 0.391. The van der Waals surface area contributed by atoms with E-state index in [4.69, 9.17) is 0 Å². The van der Waals surface area contributed by atoms with E-state index >= 15 is 0 Å². The highest BCUT2D eigenvalue weighted by Gasteiger charge is 1.90. The molecule has 1 rings (SSSR count). The van der Waals surface area contributed by atoms with Gasteiger partial charge in [0.2, 0.25) is 6.29 Å². The van der Waals surface area contributed by atoms with Crippen molar-refractivity contribution >= 4 is 6.29 Å². The van der Waals surface area contributed by atoms with Crippen molar-refractivity contribution < 1.29 is 9.52 Å². The lowest BCUT2D eigenvalue weighted by Gasteiger charge is -1.91. The molecule has 3 heteroatoms. The molecule has 1 radical (unpaired) electrons. The average molecular weight is 122 g/mol. The number of nitrogens with zero attached hydrogens (tertiary/aromatic N) is 1. The van der Waals surface area contributed by atoms with E-state index in [9.17, 15) is 10.0 Å². The van der Waals surface area contributed by atoms with E-state index in [-0.39, 0.29) is 0 Å². The number of pyridine rings is 1. The van der Waals surface area contributed by atoms with Gasteiger partial charge in [-0.25, -0.2) is 0 Å². The number of hydrogen-bond acceptors (Lipinski definition) is 2. The largest absolute Gasteiger partial charge is 0.619 e. The van der Waals surface area contributed by atoms with E-state index < -0.39 is 0 Å². The molecule has 0 aliphatic rings. The van der Waals surface area contributed by atoms with Gasteiger partial charge in [-0.3, -0.25) is 4.79 Å². The van der Waals surface area contributed by atoms with Crippen LogP contribution in [0.5, 0.6) is 0 Å². The fourth-order valence-corrected chi connectivity index (χ4v) is 0.481. The summed E-state index contributed by atoms with van der Waals surface area (Å²) in [6.45, 7) is 0. The van der Waals surface area contributed by atoms with Gasteiger partial charge in [0.05, 0.1) is 0 Å². The van der Waals surface area contributed by atoms with Crippen molar-refractivity contribution in [3.63, 3.8) is 0 Å². The van der Waals surface area contributed by atoms with Crippen molar-refractivity contribution in [2.24, 2.45) is 0 Å². The second kappa shape index (κ2) is 2.26. The second-order valence-electron chi connectivity index (χ2n) is 1.55. The Labute approximate surface area is 52.1 Å². The molecule has 0 fully saturated rings. The van der Waals surface area contributed by atoms with Crippen molar-refractivity contribution in [3.8, 4) is 0 Å². The SMILES string of the molecule is O=[C]c1cc[n+]([O-])cc1. The molecule has 0 aliphatic heterocycles. The van der Waals surface area contributed by atoms with Crippen LogP contribution in [0.1, 0.15) is 5.56 Å². The Kier molecular flexibility index (Phi) is 1.44. The third-order valence-corrected chi connectivity index (χ3v) is 0.920. The molecule has 1 heterocycles. The highest BCUT2D eigenvalue weighted by molar-refractivity contribution is 5.74. The van der Waals surface area contributed by atoms with E-state index in [1.807, 2.05) is 0 Å². The molecule has 0 spiro atoms. The Morgan fingerprint density at radius 1 is 1.44 bits per heavy atom. The van der Waals surface area contributed by atoms with E-state index in [0.29, 0.717) is 10.3 Å². The summed E-state index contributed by atoms with van der Waals surface area (Å²) in [6, 6.07) is 2.81. The summed E-state index contributed by atoms with van der Waals surface area (Å²) in [5.41, 5.74) is 0.391. The lowest BCUT2D eigenvalue weighted by molar-refractivity contribution is -0.605. The van der Waals surface area contributed by atoms with E-state index in [1.54, 1.807) is 6.29 Å². The molecule has 0 aromatic carbocycles. The number of hydrogen-bond donors (Lipinski definition) is 0. The van der Waals surface area contributed by atoms with Gasteiger partial charge < -0.3 is 5.21 Å². The zero-order valence-electron chi connectivity index (χ0n) is 4.57. The first-order valence-electron chi connectivity index (χ1n) is 2.40. The van der Waals surface area contributed by atoms with Crippen molar-refractivity contribution in [2.75, 3.05) is 0 Å². The van der Waals surface area contributed by atoms with Gasteiger partial charge in [0.25, 0.3) is 0 Å². The lowest BCUT2D eigenvalue weighted by Crippen LogP contribution is -2.23. The van der Waals surface area contributed by atoms with Gasteiger partial charge in [-0.05, 0) is 0 Å². The number of aromatic nitrogens is 1. The maximum absolute atomic E-state index is 10.3. The van der Waals surface area contributed by atoms with Gasteiger partial charge in [-0.2, -0.15) is 4.73 Å². The van der Waals surface area contributed by atoms with Crippen LogP contribution in [0.3, 0.4) is 0 Å². The van der Waals surface area contributed by atoms with Crippen molar-refractivity contribution in [3.05, 3.63) is 35.3 Å². The van der Waals surface area contributed by atoms with Gasteiger partial charge in [-0.1, -0.05) is 0 Å². The molecule has 0 saturated heterocycles. The highest BCUT2D eigenvalue weighted by atomic mass is 16.5. The molecule has 0 N–H and O–H groups in total. The molecule has 0 atom stereocenters. The number of rotatable bonds is 1. The molecule has 0 bridgehead atoms. The first kappa shape index (κ1) is 5.75. The fourth-order valence-electron chi connectivity index (χ4n) is 0.481. The van der Waals surface area contributed by atoms with Gasteiger partial charge in [0.1, 0.15) is 0 Å². The normalized spacial score (nSPS) is 8.89. The van der Waals surface area contributed by atoms with Crippen LogP contribution in [0, 0.1) is 5.21 Å². The zero-order valence-corrected chi connectivity index (χ0v) is 4.57. The summed E-state index contributed by atoms with van der Waals surface area (Å²) in [6.07, 6.45) is 4.15.